The van der Waals surface area contributed by atoms with Crippen LogP contribution >= 0.6 is 11.8 Å². The second kappa shape index (κ2) is 8.21. The molecule has 66 valence electrons. The minimum Gasteiger partial charge on any atom is -0.211 e. The van der Waals surface area contributed by atoms with Gasteiger partial charge in [-0.25, -0.2) is 19.6 Å². The number of thioether (sulfide) groups is 1. The lowest BCUT2D eigenvalue weighted by molar-refractivity contribution is 0.561. The molecule has 0 aromatic heterocycles. The molecule has 5 heteroatoms. The van der Waals surface area contributed by atoms with Crippen LogP contribution in [0.3, 0.4) is 0 Å². The number of hydrogen-bond acceptors (Lipinski definition) is 5. The minimum atomic E-state index is 0.0953. The molecule has 12 heavy (non-hydrogen) atoms. The van der Waals surface area contributed by atoms with E-state index in [1.807, 2.05) is 6.92 Å². The Labute approximate surface area is 75.2 Å². The van der Waals surface area contributed by atoms with Crippen molar-refractivity contribution < 1.29 is 9.59 Å². The third kappa shape index (κ3) is 5.86. The van der Waals surface area contributed by atoms with E-state index in [2.05, 4.69) is 9.98 Å². The van der Waals surface area contributed by atoms with Gasteiger partial charge in [0.25, 0.3) is 0 Å². The molecule has 0 aromatic rings. The Morgan fingerprint density at radius 1 is 1.25 bits per heavy atom. The summed E-state index contributed by atoms with van der Waals surface area (Å²) >= 11 is 1.61. The van der Waals surface area contributed by atoms with Gasteiger partial charge in [0.2, 0.25) is 12.2 Å². The van der Waals surface area contributed by atoms with Crippen molar-refractivity contribution in [3.63, 3.8) is 0 Å². The average Bonchev–Trinajstić information content (AvgIpc) is 2.10. The van der Waals surface area contributed by atoms with Crippen LogP contribution in [0, 0.1) is 0 Å². The summed E-state index contributed by atoms with van der Waals surface area (Å²) in [6.45, 7) is 2.73. The Hall–Kier alpha value is -0.890. The van der Waals surface area contributed by atoms with E-state index in [0.717, 1.165) is 5.75 Å². The van der Waals surface area contributed by atoms with Crippen LogP contribution < -0.4 is 0 Å². The SMILES string of the molecule is CCSC(CN=C=O)CN=C=O. The maximum atomic E-state index is 9.78. The highest BCUT2D eigenvalue weighted by molar-refractivity contribution is 7.99. The van der Waals surface area contributed by atoms with Crippen molar-refractivity contribution >= 4 is 23.9 Å². The van der Waals surface area contributed by atoms with Gasteiger partial charge in [-0.3, -0.25) is 0 Å². The predicted octanol–water partition coefficient (Wildman–Crippen LogP) is 0.780. The Morgan fingerprint density at radius 2 is 1.75 bits per heavy atom. The van der Waals surface area contributed by atoms with Crippen molar-refractivity contribution in [1.82, 2.24) is 0 Å². The first-order valence-corrected chi connectivity index (χ1v) is 4.58. The fourth-order valence-corrected chi connectivity index (χ4v) is 1.51. The van der Waals surface area contributed by atoms with E-state index in [1.54, 1.807) is 11.8 Å². The van der Waals surface area contributed by atoms with Crippen LogP contribution in [0.4, 0.5) is 0 Å². The summed E-state index contributed by atoms with van der Waals surface area (Å²) in [6.07, 6.45) is 2.91. The van der Waals surface area contributed by atoms with E-state index in [0.29, 0.717) is 13.1 Å². The fourth-order valence-electron chi connectivity index (χ4n) is 0.677. The molecule has 0 fully saturated rings. The zero-order valence-corrected chi connectivity index (χ0v) is 7.63. The second-order valence-corrected chi connectivity index (χ2v) is 3.52. The quantitative estimate of drug-likeness (QED) is 0.455. The van der Waals surface area contributed by atoms with Crippen molar-refractivity contribution in [3.8, 4) is 0 Å². The number of aliphatic imine (C=N–C) groups is 2. The Balaban J connectivity index is 3.83. The van der Waals surface area contributed by atoms with Crippen LogP contribution in [0.2, 0.25) is 0 Å². The van der Waals surface area contributed by atoms with Crippen LogP contribution in [0.5, 0.6) is 0 Å². The van der Waals surface area contributed by atoms with Crippen molar-refractivity contribution in [2.75, 3.05) is 18.8 Å². The topological polar surface area (TPSA) is 58.9 Å². The summed E-state index contributed by atoms with van der Waals surface area (Å²) in [5.41, 5.74) is 0. The molecule has 4 nitrogen and oxygen atoms in total. The Morgan fingerprint density at radius 3 is 2.08 bits per heavy atom. The summed E-state index contributed by atoms with van der Waals surface area (Å²) in [6, 6.07) is 0. The molecule has 0 atom stereocenters. The summed E-state index contributed by atoms with van der Waals surface area (Å²) in [5.74, 6) is 0.910. The smallest absolute Gasteiger partial charge is 0.211 e. The van der Waals surface area contributed by atoms with E-state index in [9.17, 15) is 9.59 Å². The molecule has 0 aliphatic heterocycles. The van der Waals surface area contributed by atoms with Crippen LogP contribution in [-0.4, -0.2) is 36.3 Å². The van der Waals surface area contributed by atoms with Gasteiger partial charge in [-0.05, 0) is 5.75 Å². The number of hydrogen-bond donors (Lipinski definition) is 0. The Bertz CT molecular complexity index is 187. The molecule has 0 amide bonds. The molecule has 0 bridgehead atoms. The first-order chi connectivity index (χ1) is 5.85. The van der Waals surface area contributed by atoms with Gasteiger partial charge in [-0.15, -0.1) is 0 Å². The van der Waals surface area contributed by atoms with E-state index < -0.39 is 0 Å². The van der Waals surface area contributed by atoms with Gasteiger partial charge in [-0.2, -0.15) is 11.8 Å². The zero-order chi connectivity index (χ0) is 9.23. The van der Waals surface area contributed by atoms with Gasteiger partial charge in [0.05, 0.1) is 13.1 Å². The first kappa shape index (κ1) is 11.1. The number of nitrogens with zero attached hydrogens (tertiary/aromatic N) is 2. The largest absolute Gasteiger partial charge is 0.234 e. The Kier molecular flexibility index (Phi) is 7.60. The van der Waals surface area contributed by atoms with Crippen molar-refractivity contribution in [1.29, 1.82) is 0 Å². The zero-order valence-electron chi connectivity index (χ0n) is 6.82. The first-order valence-electron chi connectivity index (χ1n) is 3.54. The summed E-state index contributed by atoms with van der Waals surface area (Å²) in [7, 11) is 0. The van der Waals surface area contributed by atoms with Gasteiger partial charge in [0, 0.05) is 5.25 Å². The van der Waals surface area contributed by atoms with E-state index >= 15 is 0 Å². The van der Waals surface area contributed by atoms with Crippen LogP contribution in [0.1, 0.15) is 6.92 Å². The van der Waals surface area contributed by atoms with Crippen LogP contribution in [-0.2, 0) is 9.59 Å². The minimum absolute atomic E-state index is 0.0953. The molecular formula is C7H10N2O2S. The maximum absolute atomic E-state index is 9.78. The summed E-state index contributed by atoms with van der Waals surface area (Å²) < 4.78 is 0. The van der Waals surface area contributed by atoms with Crippen molar-refractivity contribution in [2.24, 2.45) is 9.98 Å². The monoisotopic (exact) mass is 186 g/mol. The van der Waals surface area contributed by atoms with Crippen LogP contribution in [0.25, 0.3) is 0 Å². The maximum Gasteiger partial charge on any atom is 0.234 e. The van der Waals surface area contributed by atoms with E-state index in [-0.39, 0.29) is 5.25 Å². The number of rotatable bonds is 6. The van der Waals surface area contributed by atoms with E-state index in [4.69, 9.17) is 0 Å². The third-order valence-electron chi connectivity index (χ3n) is 1.12. The molecule has 0 radical (unpaired) electrons. The molecule has 0 spiro atoms. The molecule has 0 rings (SSSR count). The highest BCUT2D eigenvalue weighted by Crippen LogP contribution is 2.10. The van der Waals surface area contributed by atoms with Gasteiger partial charge >= 0.3 is 0 Å². The highest BCUT2D eigenvalue weighted by atomic mass is 32.2. The third-order valence-corrected chi connectivity index (χ3v) is 2.22. The van der Waals surface area contributed by atoms with E-state index in [1.165, 1.54) is 12.2 Å². The fraction of sp³-hybridized carbons (Fsp3) is 0.714. The molecule has 0 aliphatic carbocycles. The number of isocyanates is 2. The molecule has 0 unspecified atom stereocenters. The van der Waals surface area contributed by atoms with Crippen molar-refractivity contribution in [3.05, 3.63) is 0 Å². The molecule has 0 heterocycles. The molecule has 0 saturated heterocycles. The normalized spacial score (nSPS) is 11.1. The van der Waals surface area contributed by atoms with Gasteiger partial charge in [-0.1, -0.05) is 6.92 Å². The van der Waals surface area contributed by atoms with Gasteiger partial charge in [0.1, 0.15) is 0 Å². The lowest BCUT2D eigenvalue weighted by Crippen LogP contribution is -2.11. The lowest BCUT2D eigenvalue weighted by atomic mass is 10.4. The average molecular weight is 186 g/mol. The standard InChI is InChI=1S/C7H10N2O2S/c1-2-12-7(3-8-5-10)4-9-6-11/h7H,2-4H2,1H3. The summed E-state index contributed by atoms with van der Waals surface area (Å²) in [4.78, 5) is 26.4. The molecule has 0 aliphatic rings. The number of carbonyl (C=O) groups excluding carboxylic acids is 2. The molecule has 0 saturated carbocycles. The van der Waals surface area contributed by atoms with Crippen LogP contribution in [0.15, 0.2) is 9.98 Å². The molecule has 0 aromatic carbocycles. The summed E-state index contributed by atoms with van der Waals surface area (Å²) in [5, 5.41) is 0.0953. The molecular weight excluding hydrogens is 176 g/mol. The highest BCUT2D eigenvalue weighted by Gasteiger charge is 2.05. The predicted molar refractivity (Wildman–Crippen MR) is 47.9 cm³/mol. The van der Waals surface area contributed by atoms with Crippen molar-refractivity contribution in [2.45, 2.75) is 12.2 Å². The second-order valence-electron chi connectivity index (χ2n) is 1.94. The molecule has 0 N–H and O–H groups in total. The van der Waals surface area contributed by atoms with Gasteiger partial charge < -0.3 is 0 Å². The van der Waals surface area contributed by atoms with Gasteiger partial charge in [0.15, 0.2) is 0 Å². The lowest BCUT2D eigenvalue weighted by Gasteiger charge is -2.06.